The highest BCUT2D eigenvalue weighted by Crippen LogP contribution is 2.20. The van der Waals surface area contributed by atoms with Crippen molar-refractivity contribution in [2.75, 3.05) is 5.32 Å². The Morgan fingerprint density at radius 3 is 3.04 bits per heavy atom. The number of hydrogen-bond donors (Lipinski definition) is 1. The second kappa shape index (κ2) is 5.31. The minimum Gasteiger partial charge on any atom is -0.376 e. The van der Waals surface area contributed by atoms with Crippen molar-refractivity contribution < 1.29 is 0 Å². The fraction of sp³-hybridized carbons (Fsp3) is 0.267. The second-order valence-electron chi connectivity index (χ2n) is 5.64. The molecule has 4 aromatic rings. The summed E-state index contributed by atoms with van der Waals surface area (Å²) in [7, 11) is 0. The molecule has 0 fully saturated rings. The monoisotopic (exact) mass is 308 g/mol. The molecule has 0 aliphatic rings. The lowest BCUT2D eigenvalue weighted by atomic mass is 10.1. The van der Waals surface area contributed by atoms with Crippen LogP contribution >= 0.6 is 0 Å². The van der Waals surface area contributed by atoms with E-state index in [-0.39, 0.29) is 0 Å². The molecule has 0 spiro atoms. The summed E-state index contributed by atoms with van der Waals surface area (Å²) < 4.78 is 3.71. The van der Waals surface area contributed by atoms with Crippen molar-refractivity contribution in [1.82, 2.24) is 34.2 Å². The van der Waals surface area contributed by atoms with Crippen LogP contribution in [0.3, 0.4) is 0 Å². The minimum atomic E-state index is 0.323. The molecule has 0 atom stereocenters. The third-order valence-corrected chi connectivity index (χ3v) is 3.73. The molecule has 4 aromatic heterocycles. The van der Waals surface area contributed by atoms with Crippen LogP contribution in [0.1, 0.15) is 31.2 Å². The van der Waals surface area contributed by atoms with Gasteiger partial charge < -0.3 is 5.32 Å². The molecule has 8 heteroatoms. The normalized spacial score (nSPS) is 11.6. The van der Waals surface area contributed by atoms with Crippen molar-refractivity contribution in [2.24, 2.45) is 0 Å². The number of nitrogens with zero attached hydrogens (tertiary/aromatic N) is 7. The van der Waals surface area contributed by atoms with E-state index < -0.39 is 0 Å². The van der Waals surface area contributed by atoms with E-state index in [0.29, 0.717) is 18.1 Å². The highest BCUT2D eigenvalue weighted by atomic mass is 15.3. The van der Waals surface area contributed by atoms with Crippen molar-refractivity contribution in [2.45, 2.75) is 26.3 Å². The highest BCUT2D eigenvalue weighted by Gasteiger charge is 2.11. The van der Waals surface area contributed by atoms with Crippen molar-refractivity contribution in [1.29, 1.82) is 0 Å². The average Bonchev–Trinajstić information content (AvgIpc) is 3.19. The molecular formula is C15H16N8. The number of nitrogens with one attached hydrogen (secondary N) is 1. The predicted octanol–water partition coefficient (Wildman–Crippen LogP) is 1.90. The summed E-state index contributed by atoms with van der Waals surface area (Å²) in [5.41, 5.74) is 4.48. The van der Waals surface area contributed by atoms with Gasteiger partial charge in [-0.25, -0.2) is 4.98 Å². The number of rotatable bonds is 4. The minimum absolute atomic E-state index is 0.323. The maximum atomic E-state index is 4.52. The Kier molecular flexibility index (Phi) is 3.14. The zero-order valence-corrected chi connectivity index (χ0v) is 12.9. The van der Waals surface area contributed by atoms with Gasteiger partial charge in [0.25, 0.3) is 0 Å². The van der Waals surface area contributed by atoms with E-state index in [2.05, 4.69) is 44.4 Å². The SMILES string of the molecule is CC(C)c1cc(NCc2cnc3cnccn23)c2nncn2n1. The fourth-order valence-electron chi connectivity index (χ4n) is 2.47. The first-order chi connectivity index (χ1) is 11.2. The first-order valence-corrected chi connectivity index (χ1v) is 7.43. The van der Waals surface area contributed by atoms with Gasteiger partial charge in [-0.3, -0.25) is 9.38 Å². The molecule has 0 aromatic carbocycles. The number of aromatic nitrogens is 7. The molecule has 0 bridgehead atoms. The van der Waals surface area contributed by atoms with Gasteiger partial charge in [0.15, 0.2) is 5.65 Å². The van der Waals surface area contributed by atoms with E-state index in [1.807, 2.05) is 22.9 Å². The number of imidazole rings is 1. The van der Waals surface area contributed by atoms with Crippen LogP contribution in [0.15, 0.2) is 37.2 Å². The maximum Gasteiger partial charge on any atom is 0.200 e. The third-order valence-electron chi connectivity index (χ3n) is 3.73. The Morgan fingerprint density at radius 2 is 2.17 bits per heavy atom. The number of fused-ring (bicyclic) bond motifs is 2. The van der Waals surface area contributed by atoms with Crippen LogP contribution in [0, 0.1) is 0 Å². The summed E-state index contributed by atoms with van der Waals surface area (Å²) in [6, 6.07) is 2.03. The Morgan fingerprint density at radius 1 is 1.26 bits per heavy atom. The molecule has 1 N–H and O–H groups in total. The third kappa shape index (κ3) is 2.37. The standard InChI is InChI=1S/C15H16N8/c1-10(2)12-5-13(15-20-19-9-23(15)21-12)17-6-11-7-18-14-8-16-3-4-22(11)14/h3-5,7-10,17H,6H2,1-2H3. The van der Waals surface area contributed by atoms with Gasteiger partial charge in [0.05, 0.1) is 36.0 Å². The van der Waals surface area contributed by atoms with Crippen molar-refractivity contribution in [3.63, 3.8) is 0 Å². The number of hydrogen-bond acceptors (Lipinski definition) is 6. The maximum absolute atomic E-state index is 4.52. The largest absolute Gasteiger partial charge is 0.376 e. The van der Waals surface area contributed by atoms with E-state index >= 15 is 0 Å². The van der Waals surface area contributed by atoms with E-state index in [1.165, 1.54) is 0 Å². The van der Waals surface area contributed by atoms with Gasteiger partial charge in [0, 0.05) is 12.4 Å². The summed E-state index contributed by atoms with van der Waals surface area (Å²) in [4.78, 5) is 8.42. The first kappa shape index (κ1) is 13.6. The molecule has 0 saturated carbocycles. The van der Waals surface area contributed by atoms with E-state index in [1.54, 1.807) is 23.2 Å². The molecule has 0 aliphatic heterocycles. The molecule has 4 heterocycles. The summed E-state index contributed by atoms with van der Waals surface area (Å²) >= 11 is 0. The van der Waals surface area contributed by atoms with E-state index in [9.17, 15) is 0 Å². The van der Waals surface area contributed by atoms with Gasteiger partial charge in [0.1, 0.15) is 6.33 Å². The predicted molar refractivity (Wildman–Crippen MR) is 85.2 cm³/mol. The molecule has 116 valence electrons. The van der Waals surface area contributed by atoms with E-state index in [0.717, 1.165) is 22.7 Å². The second-order valence-corrected chi connectivity index (χ2v) is 5.64. The molecular weight excluding hydrogens is 292 g/mol. The van der Waals surface area contributed by atoms with Crippen LogP contribution in [0.4, 0.5) is 5.69 Å². The zero-order valence-electron chi connectivity index (χ0n) is 12.9. The summed E-state index contributed by atoms with van der Waals surface area (Å²) in [5, 5.41) is 16.0. The van der Waals surface area contributed by atoms with Gasteiger partial charge in [-0.1, -0.05) is 13.8 Å². The van der Waals surface area contributed by atoms with Gasteiger partial charge in [0.2, 0.25) is 5.65 Å². The van der Waals surface area contributed by atoms with Gasteiger partial charge >= 0.3 is 0 Å². The molecule has 0 saturated heterocycles. The average molecular weight is 308 g/mol. The fourth-order valence-corrected chi connectivity index (χ4v) is 2.47. The lowest BCUT2D eigenvalue weighted by Crippen LogP contribution is -2.07. The number of anilines is 1. The van der Waals surface area contributed by atoms with Gasteiger partial charge in [-0.05, 0) is 12.0 Å². The molecule has 0 aliphatic carbocycles. The summed E-state index contributed by atoms with van der Waals surface area (Å²) in [6.45, 7) is 4.84. The lowest BCUT2D eigenvalue weighted by molar-refractivity contribution is 0.762. The highest BCUT2D eigenvalue weighted by molar-refractivity contribution is 5.66. The van der Waals surface area contributed by atoms with Crippen LogP contribution in [0.2, 0.25) is 0 Å². The molecule has 4 rings (SSSR count). The zero-order chi connectivity index (χ0) is 15.8. The molecule has 23 heavy (non-hydrogen) atoms. The Bertz CT molecular complexity index is 968. The van der Waals surface area contributed by atoms with Gasteiger partial charge in [-0.15, -0.1) is 10.2 Å². The molecule has 8 nitrogen and oxygen atoms in total. The van der Waals surface area contributed by atoms with Crippen molar-refractivity contribution >= 4 is 17.0 Å². The molecule has 0 amide bonds. The lowest BCUT2D eigenvalue weighted by Gasteiger charge is -2.11. The van der Waals surface area contributed by atoms with Crippen LogP contribution in [-0.2, 0) is 6.54 Å². The summed E-state index contributed by atoms with van der Waals surface area (Å²) in [5.74, 6) is 0.323. The Labute approximate surface area is 132 Å². The quantitative estimate of drug-likeness (QED) is 0.620. The topological polar surface area (TPSA) is 85.3 Å². The van der Waals surface area contributed by atoms with Crippen LogP contribution in [0.25, 0.3) is 11.3 Å². The van der Waals surface area contributed by atoms with Crippen molar-refractivity contribution in [3.05, 3.63) is 48.6 Å². The summed E-state index contributed by atoms with van der Waals surface area (Å²) in [6.07, 6.45) is 8.85. The Hall–Kier alpha value is -3.03. The molecule has 0 radical (unpaired) electrons. The van der Waals surface area contributed by atoms with Gasteiger partial charge in [-0.2, -0.15) is 9.61 Å². The molecule has 0 unspecified atom stereocenters. The Balaban J connectivity index is 1.68. The smallest absolute Gasteiger partial charge is 0.200 e. The van der Waals surface area contributed by atoms with Crippen molar-refractivity contribution in [3.8, 4) is 0 Å². The first-order valence-electron chi connectivity index (χ1n) is 7.43. The van der Waals surface area contributed by atoms with Crippen LogP contribution in [0.5, 0.6) is 0 Å². The van der Waals surface area contributed by atoms with E-state index in [4.69, 9.17) is 0 Å². The van der Waals surface area contributed by atoms with Crippen LogP contribution in [-0.4, -0.2) is 34.2 Å². The van der Waals surface area contributed by atoms with Crippen LogP contribution < -0.4 is 5.32 Å².